The van der Waals surface area contributed by atoms with E-state index in [1.807, 2.05) is 18.5 Å². The maximum absolute atomic E-state index is 4.34. The summed E-state index contributed by atoms with van der Waals surface area (Å²) in [6.07, 6.45) is 2.83. The summed E-state index contributed by atoms with van der Waals surface area (Å²) in [5.74, 6) is 0.822. The van der Waals surface area contributed by atoms with E-state index in [0.29, 0.717) is 0 Å². The zero-order chi connectivity index (χ0) is 12.1. The van der Waals surface area contributed by atoms with E-state index < -0.39 is 0 Å². The SMILES string of the molecule is Cc1nccc(CNCCc2scnc2C)n1. The van der Waals surface area contributed by atoms with E-state index in [9.17, 15) is 0 Å². The van der Waals surface area contributed by atoms with Crippen molar-refractivity contribution in [3.05, 3.63) is 39.9 Å². The number of aryl methyl sites for hydroxylation is 2. The van der Waals surface area contributed by atoms with Crippen molar-refractivity contribution < 1.29 is 0 Å². The van der Waals surface area contributed by atoms with Crippen molar-refractivity contribution in [2.45, 2.75) is 26.8 Å². The van der Waals surface area contributed by atoms with Crippen LogP contribution < -0.4 is 5.32 Å². The lowest BCUT2D eigenvalue weighted by molar-refractivity contribution is 0.672. The Hall–Kier alpha value is -1.33. The third kappa shape index (κ3) is 3.57. The standard InChI is InChI=1S/C12H16N4S/c1-9-12(17-8-15-9)4-5-13-7-11-3-6-14-10(2)16-11/h3,6,8,13H,4-5,7H2,1-2H3. The van der Waals surface area contributed by atoms with Crippen molar-refractivity contribution in [3.8, 4) is 0 Å². The largest absolute Gasteiger partial charge is 0.311 e. The molecular formula is C12H16N4S. The molecule has 4 nitrogen and oxygen atoms in total. The van der Waals surface area contributed by atoms with E-state index in [4.69, 9.17) is 0 Å². The van der Waals surface area contributed by atoms with E-state index in [2.05, 4.69) is 27.2 Å². The van der Waals surface area contributed by atoms with Gasteiger partial charge in [0.15, 0.2) is 0 Å². The summed E-state index contributed by atoms with van der Waals surface area (Å²) in [7, 11) is 0. The fourth-order valence-corrected chi connectivity index (χ4v) is 2.37. The summed E-state index contributed by atoms with van der Waals surface area (Å²) in [6, 6.07) is 1.94. The van der Waals surface area contributed by atoms with E-state index >= 15 is 0 Å². The van der Waals surface area contributed by atoms with Gasteiger partial charge in [-0.25, -0.2) is 15.0 Å². The molecule has 17 heavy (non-hydrogen) atoms. The van der Waals surface area contributed by atoms with Crippen LogP contribution in [0, 0.1) is 13.8 Å². The Bertz CT molecular complexity index is 481. The van der Waals surface area contributed by atoms with Gasteiger partial charge in [-0.1, -0.05) is 0 Å². The van der Waals surface area contributed by atoms with Crippen molar-refractivity contribution in [2.75, 3.05) is 6.54 Å². The summed E-state index contributed by atoms with van der Waals surface area (Å²) in [6.45, 7) is 5.71. The molecule has 5 heteroatoms. The van der Waals surface area contributed by atoms with E-state index in [1.54, 1.807) is 17.5 Å². The molecule has 0 aliphatic carbocycles. The van der Waals surface area contributed by atoms with Gasteiger partial charge in [0.1, 0.15) is 5.82 Å². The van der Waals surface area contributed by atoms with Crippen LogP contribution in [0.1, 0.15) is 22.1 Å². The summed E-state index contributed by atoms with van der Waals surface area (Å²) < 4.78 is 0. The van der Waals surface area contributed by atoms with E-state index in [0.717, 1.165) is 36.7 Å². The van der Waals surface area contributed by atoms with Gasteiger partial charge >= 0.3 is 0 Å². The molecule has 0 amide bonds. The summed E-state index contributed by atoms with van der Waals surface area (Å²) in [4.78, 5) is 14.0. The highest BCUT2D eigenvalue weighted by Gasteiger charge is 2.01. The smallest absolute Gasteiger partial charge is 0.125 e. The fourth-order valence-electron chi connectivity index (χ4n) is 1.59. The lowest BCUT2D eigenvalue weighted by Crippen LogP contribution is -2.17. The molecule has 0 saturated carbocycles. The number of thiazole rings is 1. The second kappa shape index (κ2) is 5.84. The van der Waals surface area contributed by atoms with Gasteiger partial charge in [-0.2, -0.15) is 0 Å². The number of aromatic nitrogens is 3. The first-order valence-corrected chi connectivity index (χ1v) is 6.52. The molecular weight excluding hydrogens is 232 g/mol. The lowest BCUT2D eigenvalue weighted by atomic mass is 10.3. The second-order valence-electron chi connectivity index (χ2n) is 3.88. The van der Waals surface area contributed by atoms with Gasteiger partial charge in [0.05, 0.1) is 16.9 Å². The molecule has 0 aromatic carbocycles. The molecule has 0 saturated heterocycles. The minimum atomic E-state index is 0.793. The first-order valence-electron chi connectivity index (χ1n) is 5.64. The Morgan fingerprint density at radius 1 is 1.29 bits per heavy atom. The molecule has 0 radical (unpaired) electrons. The van der Waals surface area contributed by atoms with Crippen LogP contribution in [-0.2, 0) is 13.0 Å². The van der Waals surface area contributed by atoms with Gasteiger partial charge < -0.3 is 5.32 Å². The quantitative estimate of drug-likeness (QED) is 0.821. The highest BCUT2D eigenvalue weighted by Crippen LogP contribution is 2.11. The molecule has 2 heterocycles. The Balaban J connectivity index is 1.75. The molecule has 0 bridgehead atoms. The monoisotopic (exact) mass is 248 g/mol. The van der Waals surface area contributed by atoms with Crippen molar-refractivity contribution in [3.63, 3.8) is 0 Å². The van der Waals surface area contributed by atoms with Crippen LogP contribution in [0.5, 0.6) is 0 Å². The van der Waals surface area contributed by atoms with Crippen LogP contribution in [0.3, 0.4) is 0 Å². The highest BCUT2D eigenvalue weighted by atomic mass is 32.1. The van der Waals surface area contributed by atoms with Gasteiger partial charge in [0.2, 0.25) is 0 Å². The first kappa shape index (κ1) is 12.1. The molecule has 0 aliphatic rings. The molecule has 90 valence electrons. The zero-order valence-corrected chi connectivity index (χ0v) is 10.9. The minimum absolute atomic E-state index is 0.793. The predicted molar refractivity (Wildman–Crippen MR) is 69.0 cm³/mol. The highest BCUT2D eigenvalue weighted by molar-refractivity contribution is 7.09. The molecule has 2 aromatic rings. The molecule has 0 fully saturated rings. The number of hydrogen-bond acceptors (Lipinski definition) is 5. The summed E-state index contributed by atoms with van der Waals surface area (Å²) in [5.41, 5.74) is 4.09. The molecule has 0 atom stereocenters. The Morgan fingerprint density at radius 2 is 2.18 bits per heavy atom. The van der Waals surface area contributed by atoms with Crippen molar-refractivity contribution >= 4 is 11.3 Å². The fraction of sp³-hybridized carbons (Fsp3) is 0.417. The minimum Gasteiger partial charge on any atom is -0.311 e. The van der Waals surface area contributed by atoms with Crippen LogP contribution >= 0.6 is 11.3 Å². The number of hydrogen-bond donors (Lipinski definition) is 1. The summed E-state index contributed by atoms with van der Waals surface area (Å²) in [5, 5.41) is 3.38. The number of nitrogens with one attached hydrogen (secondary N) is 1. The molecule has 0 spiro atoms. The third-order valence-corrected chi connectivity index (χ3v) is 3.51. The topological polar surface area (TPSA) is 50.7 Å². The van der Waals surface area contributed by atoms with Gasteiger partial charge in [-0.3, -0.25) is 0 Å². The van der Waals surface area contributed by atoms with Crippen LogP contribution in [0.15, 0.2) is 17.8 Å². The average molecular weight is 248 g/mol. The summed E-state index contributed by atoms with van der Waals surface area (Å²) >= 11 is 1.72. The van der Waals surface area contributed by atoms with Crippen LogP contribution in [0.25, 0.3) is 0 Å². The third-order valence-electron chi connectivity index (χ3n) is 2.51. The van der Waals surface area contributed by atoms with Crippen LogP contribution in [0.2, 0.25) is 0 Å². The van der Waals surface area contributed by atoms with Crippen molar-refractivity contribution in [2.24, 2.45) is 0 Å². The van der Waals surface area contributed by atoms with Gasteiger partial charge in [-0.15, -0.1) is 11.3 Å². The first-order chi connectivity index (χ1) is 8.25. The van der Waals surface area contributed by atoms with Gasteiger partial charge in [0.25, 0.3) is 0 Å². The van der Waals surface area contributed by atoms with Crippen molar-refractivity contribution in [1.29, 1.82) is 0 Å². The molecule has 1 N–H and O–H groups in total. The van der Waals surface area contributed by atoms with Gasteiger partial charge in [0, 0.05) is 24.2 Å². The molecule has 0 unspecified atom stereocenters. The molecule has 2 aromatic heterocycles. The van der Waals surface area contributed by atoms with E-state index in [-0.39, 0.29) is 0 Å². The zero-order valence-electron chi connectivity index (χ0n) is 10.1. The average Bonchev–Trinajstić information content (AvgIpc) is 2.71. The number of rotatable bonds is 5. The Labute approximate surface area is 105 Å². The Morgan fingerprint density at radius 3 is 2.88 bits per heavy atom. The number of nitrogens with zero attached hydrogens (tertiary/aromatic N) is 3. The predicted octanol–water partition coefficient (Wildman–Crippen LogP) is 1.88. The van der Waals surface area contributed by atoms with E-state index in [1.165, 1.54) is 4.88 Å². The molecule has 2 rings (SSSR count). The lowest BCUT2D eigenvalue weighted by Gasteiger charge is -2.04. The van der Waals surface area contributed by atoms with Gasteiger partial charge in [-0.05, 0) is 26.3 Å². The van der Waals surface area contributed by atoms with Crippen LogP contribution in [-0.4, -0.2) is 21.5 Å². The van der Waals surface area contributed by atoms with Crippen molar-refractivity contribution in [1.82, 2.24) is 20.3 Å². The maximum Gasteiger partial charge on any atom is 0.125 e. The Kier molecular flexibility index (Phi) is 4.17. The van der Waals surface area contributed by atoms with Crippen LogP contribution in [0.4, 0.5) is 0 Å². The molecule has 0 aliphatic heterocycles. The second-order valence-corrected chi connectivity index (χ2v) is 4.82. The maximum atomic E-state index is 4.34. The normalized spacial score (nSPS) is 10.7.